The van der Waals surface area contributed by atoms with Gasteiger partial charge in [-0.3, -0.25) is 4.79 Å². The van der Waals surface area contributed by atoms with Crippen LogP contribution in [0.15, 0.2) is 60.4 Å². The van der Waals surface area contributed by atoms with Gasteiger partial charge in [-0.05, 0) is 48.9 Å². The largest absolute Gasteiger partial charge is 0.493 e. The minimum atomic E-state index is -0.495. The summed E-state index contributed by atoms with van der Waals surface area (Å²) in [6, 6.07) is 15.3. The molecular formula is C26H22O7. The number of ketones is 1. The van der Waals surface area contributed by atoms with E-state index in [2.05, 4.69) is 0 Å². The molecule has 7 nitrogen and oxygen atoms in total. The Hall–Kier alpha value is -4.26. The molecule has 0 unspecified atom stereocenters. The number of aryl methyl sites for hydroxylation is 1. The van der Waals surface area contributed by atoms with Crippen LogP contribution in [0, 0.1) is 6.92 Å². The van der Waals surface area contributed by atoms with Crippen LogP contribution in [0.5, 0.6) is 28.7 Å². The fourth-order valence-corrected chi connectivity index (χ4v) is 3.66. The first-order chi connectivity index (χ1) is 16.0. The molecule has 0 aromatic heterocycles. The summed E-state index contributed by atoms with van der Waals surface area (Å²) >= 11 is 0. The molecule has 0 aliphatic carbocycles. The second-order valence-corrected chi connectivity index (χ2v) is 7.23. The van der Waals surface area contributed by atoms with Gasteiger partial charge in [0.05, 0.1) is 32.5 Å². The predicted molar refractivity (Wildman–Crippen MR) is 122 cm³/mol. The van der Waals surface area contributed by atoms with Crippen LogP contribution >= 0.6 is 0 Å². The van der Waals surface area contributed by atoms with Crippen LogP contribution in [-0.4, -0.2) is 33.1 Å². The number of rotatable bonds is 6. The summed E-state index contributed by atoms with van der Waals surface area (Å²) < 4.78 is 27.5. The molecule has 4 rings (SSSR count). The molecule has 33 heavy (non-hydrogen) atoms. The third kappa shape index (κ3) is 4.13. The monoisotopic (exact) mass is 446 g/mol. The van der Waals surface area contributed by atoms with E-state index in [1.807, 2.05) is 6.07 Å². The standard InChI is InChI=1S/C26H22O7/c1-15-12-18(32-26(28)16-8-6-5-7-9-16)14-20-22(15)23(27)21(33-20)13-17-10-11-19(29-2)25(31-4)24(17)30-3/h5-14H,1-4H3/b21-13-. The number of allylic oxidation sites excluding steroid dienone is 1. The van der Waals surface area contributed by atoms with E-state index < -0.39 is 5.97 Å². The normalized spacial score (nSPS) is 13.3. The number of carbonyl (C=O) groups excluding carboxylic acids is 2. The molecule has 1 heterocycles. The SMILES string of the molecule is COc1ccc(/C=C2\Oc3cc(OC(=O)c4ccccc4)cc(C)c3C2=O)c(OC)c1OC. The number of Topliss-reactive ketones (excluding diaryl/α,β-unsaturated/α-hetero) is 1. The van der Waals surface area contributed by atoms with Gasteiger partial charge in [0, 0.05) is 11.6 Å². The van der Waals surface area contributed by atoms with E-state index in [4.69, 9.17) is 23.7 Å². The number of ether oxygens (including phenoxy) is 5. The van der Waals surface area contributed by atoms with Crippen molar-refractivity contribution >= 4 is 17.8 Å². The van der Waals surface area contributed by atoms with Gasteiger partial charge in [-0.15, -0.1) is 0 Å². The predicted octanol–water partition coefficient (Wildman–Crippen LogP) is 4.86. The molecule has 0 saturated heterocycles. The Balaban J connectivity index is 1.66. The van der Waals surface area contributed by atoms with Crippen LogP contribution in [0.2, 0.25) is 0 Å². The highest BCUT2D eigenvalue weighted by Crippen LogP contribution is 2.42. The smallest absolute Gasteiger partial charge is 0.343 e. The van der Waals surface area contributed by atoms with Crippen LogP contribution in [-0.2, 0) is 0 Å². The number of hydrogen-bond donors (Lipinski definition) is 0. The van der Waals surface area contributed by atoms with Crippen molar-refractivity contribution in [2.75, 3.05) is 21.3 Å². The van der Waals surface area contributed by atoms with E-state index in [9.17, 15) is 9.59 Å². The summed E-state index contributed by atoms with van der Waals surface area (Å²) in [5.41, 5.74) is 2.06. The van der Waals surface area contributed by atoms with Gasteiger partial charge < -0.3 is 23.7 Å². The molecule has 3 aromatic carbocycles. The van der Waals surface area contributed by atoms with Crippen molar-refractivity contribution in [3.63, 3.8) is 0 Å². The van der Waals surface area contributed by atoms with Crippen molar-refractivity contribution in [1.82, 2.24) is 0 Å². The molecule has 0 saturated carbocycles. The summed E-state index contributed by atoms with van der Waals surface area (Å²) in [6.07, 6.45) is 1.58. The lowest BCUT2D eigenvalue weighted by Crippen LogP contribution is -2.08. The molecule has 0 amide bonds. The number of carbonyl (C=O) groups is 2. The molecule has 0 spiro atoms. The van der Waals surface area contributed by atoms with Gasteiger partial charge in [-0.2, -0.15) is 0 Å². The van der Waals surface area contributed by atoms with Crippen molar-refractivity contribution in [2.24, 2.45) is 0 Å². The Kier molecular flexibility index (Phi) is 6.04. The fraction of sp³-hybridized carbons (Fsp3) is 0.154. The molecule has 0 fully saturated rings. The maximum absolute atomic E-state index is 13.1. The molecular weight excluding hydrogens is 424 g/mol. The van der Waals surface area contributed by atoms with Crippen LogP contribution in [0.4, 0.5) is 0 Å². The van der Waals surface area contributed by atoms with Gasteiger partial charge in [0.15, 0.2) is 17.3 Å². The highest BCUT2D eigenvalue weighted by molar-refractivity contribution is 6.15. The van der Waals surface area contributed by atoms with Gasteiger partial charge in [-0.1, -0.05) is 18.2 Å². The fourth-order valence-electron chi connectivity index (χ4n) is 3.66. The number of methoxy groups -OCH3 is 3. The minimum Gasteiger partial charge on any atom is -0.493 e. The number of benzene rings is 3. The molecule has 0 N–H and O–H groups in total. The second kappa shape index (κ2) is 9.08. The van der Waals surface area contributed by atoms with Crippen molar-refractivity contribution in [1.29, 1.82) is 0 Å². The van der Waals surface area contributed by atoms with Gasteiger partial charge >= 0.3 is 5.97 Å². The zero-order chi connectivity index (χ0) is 23.5. The average molecular weight is 446 g/mol. The average Bonchev–Trinajstić information content (AvgIpc) is 3.14. The lowest BCUT2D eigenvalue weighted by Gasteiger charge is -2.14. The molecule has 0 bridgehead atoms. The third-order valence-electron chi connectivity index (χ3n) is 5.18. The summed E-state index contributed by atoms with van der Waals surface area (Å²) in [5, 5.41) is 0. The molecule has 1 aliphatic rings. The molecule has 7 heteroatoms. The van der Waals surface area contributed by atoms with E-state index in [-0.39, 0.29) is 17.3 Å². The first-order valence-electron chi connectivity index (χ1n) is 10.1. The topological polar surface area (TPSA) is 80.3 Å². The van der Waals surface area contributed by atoms with Crippen LogP contribution in [0.3, 0.4) is 0 Å². The van der Waals surface area contributed by atoms with E-state index >= 15 is 0 Å². The minimum absolute atomic E-state index is 0.116. The molecule has 3 aromatic rings. The Bertz CT molecular complexity index is 1260. The van der Waals surface area contributed by atoms with Crippen LogP contribution in [0.25, 0.3) is 6.08 Å². The van der Waals surface area contributed by atoms with E-state index in [0.29, 0.717) is 45.3 Å². The lowest BCUT2D eigenvalue weighted by molar-refractivity contribution is 0.0734. The zero-order valence-corrected chi connectivity index (χ0v) is 18.6. The van der Waals surface area contributed by atoms with Crippen molar-refractivity contribution in [3.8, 4) is 28.7 Å². The summed E-state index contributed by atoms with van der Waals surface area (Å²) in [5.74, 6) is 1.27. The van der Waals surface area contributed by atoms with Crippen LogP contribution in [0.1, 0.15) is 31.8 Å². The molecule has 168 valence electrons. The zero-order valence-electron chi connectivity index (χ0n) is 18.6. The van der Waals surface area contributed by atoms with E-state index in [1.165, 1.54) is 27.4 Å². The molecule has 0 radical (unpaired) electrons. The van der Waals surface area contributed by atoms with E-state index in [1.54, 1.807) is 55.5 Å². The molecule has 0 atom stereocenters. The van der Waals surface area contributed by atoms with Gasteiger partial charge in [0.2, 0.25) is 11.5 Å². The number of esters is 1. The first kappa shape index (κ1) is 22.0. The molecule has 1 aliphatic heterocycles. The maximum Gasteiger partial charge on any atom is 0.343 e. The summed E-state index contributed by atoms with van der Waals surface area (Å²) in [6.45, 7) is 1.76. The lowest BCUT2D eigenvalue weighted by atomic mass is 10.0. The van der Waals surface area contributed by atoms with Crippen LogP contribution < -0.4 is 23.7 Å². The Morgan fingerprint density at radius 3 is 2.30 bits per heavy atom. The Labute approximate surface area is 191 Å². The second-order valence-electron chi connectivity index (χ2n) is 7.23. The highest BCUT2D eigenvalue weighted by atomic mass is 16.5. The van der Waals surface area contributed by atoms with Gasteiger partial charge in [0.25, 0.3) is 0 Å². The quantitative estimate of drug-likeness (QED) is 0.304. The Morgan fingerprint density at radius 2 is 1.64 bits per heavy atom. The van der Waals surface area contributed by atoms with Gasteiger partial charge in [0.1, 0.15) is 11.5 Å². The number of hydrogen-bond acceptors (Lipinski definition) is 7. The maximum atomic E-state index is 13.1. The van der Waals surface area contributed by atoms with Crippen molar-refractivity contribution in [3.05, 3.63) is 82.6 Å². The first-order valence-corrected chi connectivity index (χ1v) is 10.1. The van der Waals surface area contributed by atoms with E-state index in [0.717, 1.165) is 0 Å². The summed E-state index contributed by atoms with van der Waals surface area (Å²) in [4.78, 5) is 25.5. The summed E-state index contributed by atoms with van der Waals surface area (Å²) in [7, 11) is 4.54. The Morgan fingerprint density at radius 1 is 0.909 bits per heavy atom. The highest BCUT2D eigenvalue weighted by Gasteiger charge is 2.31. The van der Waals surface area contributed by atoms with Gasteiger partial charge in [-0.25, -0.2) is 4.79 Å². The third-order valence-corrected chi connectivity index (χ3v) is 5.18. The number of fused-ring (bicyclic) bond motifs is 1. The van der Waals surface area contributed by atoms with Crippen molar-refractivity contribution in [2.45, 2.75) is 6.92 Å². The van der Waals surface area contributed by atoms with Crippen molar-refractivity contribution < 1.29 is 33.3 Å².